The van der Waals surface area contributed by atoms with E-state index in [9.17, 15) is 0 Å². The lowest BCUT2D eigenvalue weighted by molar-refractivity contribution is -0.168. The zero-order valence-electron chi connectivity index (χ0n) is 7.60. The van der Waals surface area contributed by atoms with Crippen LogP contribution in [0.2, 0.25) is 0 Å². The van der Waals surface area contributed by atoms with Crippen LogP contribution < -0.4 is 0 Å². The normalized spacial score (nSPS) is 12.6. The molecule has 10 heavy (non-hydrogen) atoms. The SMILES string of the molecule is CCC(C)(C)C(OC)OC. The van der Waals surface area contributed by atoms with Crippen molar-refractivity contribution in [1.82, 2.24) is 0 Å². The van der Waals surface area contributed by atoms with E-state index in [1.165, 1.54) is 0 Å². The van der Waals surface area contributed by atoms with Gasteiger partial charge in [-0.1, -0.05) is 20.8 Å². The minimum absolute atomic E-state index is 0.0856. The van der Waals surface area contributed by atoms with Crippen LogP contribution in [0.1, 0.15) is 27.2 Å². The number of hydrogen-bond acceptors (Lipinski definition) is 2. The summed E-state index contributed by atoms with van der Waals surface area (Å²) in [5, 5.41) is 0. The van der Waals surface area contributed by atoms with Gasteiger partial charge < -0.3 is 9.47 Å². The highest BCUT2D eigenvalue weighted by Gasteiger charge is 2.27. The summed E-state index contributed by atoms with van der Waals surface area (Å²) in [6.45, 7) is 6.39. The summed E-state index contributed by atoms with van der Waals surface area (Å²) in [4.78, 5) is 0. The third-order valence-electron chi connectivity index (χ3n) is 1.98. The third-order valence-corrected chi connectivity index (χ3v) is 1.98. The molecule has 0 aliphatic rings. The molecule has 0 aromatic heterocycles. The van der Waals surface area contributed by atoms with Gasteiger partial charge in [0.2, 0.25) is 0 Å². The van der Waals surface area contributed by atoms with Crippen LogP contribution in [0, 0.1) is 5.41 Å². The Bertz CT molecular complexity index is 85.3. The van der Waals surface area contributed by atoms with Crippen LogP contribution in [0.15, 0.2) is 0 Å². The van der Waals surface area contributed by atoms with Crippen molar-refractivity contribution >= 4 is 0 Å². The Morgan fingerprint density at radius 3 is 1.70 bits per heavy atom. The maximum atomic E-state index is 5.13. The van der Waals surface area contributed by atoms with Crippen molar-refractivity contribution in [2.75, 3.05) is 14.2 Å². The van der Waals surface area contributed by atoms with Gasteiger partial charge in [-0.25, -0.2) is 0 Å². The van der Waals surface area contributed by atoms with Gasteiger partial charge in [0, 0.05) is 19.6 Å². The Hall–Kier alpha value is -0.0800. The molecule has 2 nitrogen and oxygen atoms in total. The second-order valence-corrected chi connectivity index (χ2v) is 3.15. The van der Waals surface area contributed by atoms with Gasteiger partial charge in [0.15, 0.2) is 6.29 Å². The molecule has 0 bridgehead atoms. The molecule has 0 saturated heterocycles. The second kappa shape index (κ2) is 3.94. The lowest BCUT2D eigenvalue weighted by Crippen LogP contribution is -2.31. The fourth-order valence-electron chi connectivity index (χ4n) is 0.901. The first-order valence-corrected chi connectivity index (χ1v) is 3.64. The van der Waals surface area contributed by atoms with E-state index in [4.69, 9.17) is 9.47 Å². The summed E-state index contributed by atoms with van der Waals surface area (Å²) in [5.74, 6) is 0. The molecule has 0 amide bonds. The molecular weight excluding hydrogens is 128 g/mol. The van der Waals surface area contributed by atoms with E-state index in [0.717, 1.165) is 6.42 Å². The van der Waals surface area contributed by atoms with Gasteiger partial charge in [-0.05, 0) is 6.42 Å². The van der Waals surface area contributed by atoms with Crippen molar-refractivity contribution in [3.05, 3.63) is 0 Å². The smallest absolute Gasteiger partial charge is 0.161 e. The van der Waals surface area contributed by atoms with Crippen molar-refractivity contribution < 1.29 is 9.47 Å². The third kappa shape index (κ3) is 2.27. The Labute approximate surface area is 63.5 Å². The van der Waals surface area contributed by atoms with Crippen LogP contribution in [0.25, 0.3) is 0 Å². The van der Waals surface area contributed by atoms with Gasteiger partial charge in [-0.2, -0.15) is 0 Å². The molecule has 0 spiro atoms. The molecule has 0 radical (unpaired) electrons. The molecule has 62 valence electrons. The summed E-state index contributed by atoms with van der Waals surface area (Å²) >= 11 is 0. The van der Waals surface area contributed by atoms with Crippen LogP contribution >= 0.6 is 0 Å². The molecule has 0 unspecified atom stereocenters. The Morgan fingerprint density at radius 2 is 1.60 bits per heavy atom. The van der Waals surface area contributed by atoms with E-state index in [0.29, 0.717) is 0 Å². The molecular formula is C8H18O2. The van der Waals surface area contributed by atoms with Gasteiger partial charge in [0.05, 0.1) is 0 Å². The summed E-state index contributed by atoms with van der Waals surface area (Å²) < 4.78 is 10.3. The van der Waals surface area contributed by atoms with Crippen LogP contribution in [-0.2, 0) is 9.47 Å². The molecule has 0 fully saturated rings. The topological polar surface area (TPSA) is 18.5 Å². The van der Waals surface area contributed by atoms with E-state index in [-0.39, 0.29) is 11.7 Å². The second-order valence-electron chi connectivity index (χ2n) is 3.15. The van der Waals surface area contributed by atoms with Crippen molar-refractivity contribution in [3.63, 3.8) is 0 Å². The number of methoxy groups -OCH3 is 2. The average Bonchev–Trinajstić information content (AvgIpc) is 1.90. The number of hydrogen-bond donors (Lipinski definition) is 0. The summed E-state index contributed by atoms with van der Waals surface area (Å²) in [7, 11) is 3.34. The van der Waals surface area contributed by atoms with Crippen molar-refractivity contribution in [2.45, 2.75) is 33.5 Å². The maximum Gasteiger partial charge on any atom is 0.161 e. The fourth-order valence-corrected chi connectivity index (χ4v) is 0.901. The molecule has 0 heterocycles. The Morgan fingerprint density at radius 1 is 1.20 bits per heavy atom. The highest BCUT2D eigenvalue weighted by atomic mass is 16.7. The zero-order valence-corrected chi connectivity index (χ0v) is 7.60. The van der Waals surface area contributed by atoms with Gasteiger partial charge >= 0.3 is 0 Å². The van der Waals surface area contributed by atoms with Crippen molar-refractivity contribution in [3.8, 4) is 0 Å². The van der Waals surface area contributed by atoms with Crippen molar-refractivity contribution in [2.24, 2.45) is 5.41 Å². The molecule has 0 aliphatic carbocycles. The first kappa shape index (κ1) is 9.92. The molecule has 0 aromatic carbocycles. The molecule has 0 saturated carbocycles. The van der Waals surface area contributed by atoms with Gasteiger partial charge in [0.1, 0.15) is 0 Å². The van der Waals surface area contributed by atoms with E-state index in [1.54, 1.807) is 14.2 Å². The lowest BCUT2D eigenvalue weighted by atomic mass is 9.89. The van der Waals surface area contributed by atoms with Crippen LogP contribution in [-0.4, -0.2) is 20.5 Å². The predicted molar refractivity (Wildman–Crippen MR) is 41.9 cm³/mol. The highest BCUT2D eigenvalue weighted by molar-refractivity contribution is 4.69. The van der Waals surface area contributed by atoms with Crippen LogP contribution in [0.4, 0.5) is 0 Å². The fraction of sp³-hybridized carbons (Fsp3) is 1.00. The van der Waals surface area contributed by atoms with E-state index in [2.05, 4.69) is 20.8 Å². The summed E-state index contributed by atoms with van der Waals surface area (Å²) in [6, 6.07) is 0. The Balaban J connectivity index is 3.97. The van der Waals surface area contributed by atoms with Gasteiger partial charge in [-0.15, -0.1) is 0 Å². The highest BCUT2D eigenvalue weighted by Crippen LogP contribution is 2.26. The Kier molecular flexibility index (Phi) is 3.91. The molecule has 0 rings (SSSR count). The average molecular weight is 146 g/mol. The lowest BCUT2D eigenvalue weighted by Gasteiger charge is -2.30. The maximum absolute atomic E-state index is 5.13. The quantitative estimate of drug-likeness (QED) is 0.565. The van der Waals surface area contributed by atoms with Crippen LogP contribution in [0.5, 0.6) is 0 Å². The number of ether oxygens (including phenoxy) is 2. The summed E-state index contributed by atoms with van der Waals surface area (Å²) in [5.41, 5.74) is 0.115. The van der Waals surface area contributed by atoms with Crippen LogP contribution in [0.3, 0.4) is 0 Å². The monoisotopic (exact) mass is 146 g/mol. The standard InChI is InChI=1S/C8H18O2/c1-6-8(2,3)7(9-4)10-5/h7H,6H2,1-5H3. The van der Waals surface area contributed by atoms with E-state index >= 15 is 0 Å². The van der Waals surface area contributed by atoms with Crippen molar-refractivity contribution in [1.29, 1.82) is 0 Å². The molecule has 2 heteroatoms. The largest absolute Gasteiger partial charge is 0.355 e. The summed E-state index contributed by atoms with van der Waals surface area (Å²) in [6.07, 6.45) is 0.969. The van der Waals surface area contributed by atoms with E-state index in [1.807, 2.05) is 0 Å². The minimum Gasteiger partial charge on any atom is -0.355 e. The zero-order chi connectivity index (χ0) is 8.20. The molecule has 0 aliphatic heterocycles. The minimum atomic E-state index is -0.0856. The predicted octanol–water partition coefficient (Wildman–Crippen LogP) is 2.04. The first-order valence-electron chi connectivity index (χ1n) is 3.64. The molecule has 0 atom stereocenters. The van der Waals surface area contributed by atoms with Gasteiger partial charge in [-0.3, -0.25) is 0 Å². The van der Waals surface area contributed by atoms with E-state index < -0.39 is 0 Å². The van der Waals surface area contributed by atoms with Gasteiger partial charge in [0.25, 0.3) is 0 Å². The molecule has 0 aromatic rings. The number of rotatable bonds is 4. The molecule has 0 N–H and O–H groups in total. The first-order chi connectivity index (χ1) is 4.58.